The maximum Gasteiger partial charge on any atom is 0.407 e. The van der Waals surface area contributed by atoms with E-state index in [2.05, 4.69) is 29.6 Å². The van der Waals surface area contributed by atoms with Crippen molar-refractivity contribution in [1.82, 2.24) is 10.2 Å². The SMILES string of the molecule is CC(C)CC(CNC(=O)OCC1c2ccccc2-c2ccccc21)C(=O)N1CCC(C)(C(=O)O)C1. The summed E-state index contributed by atoms with van der Waals surface area (Å²) in [6, 6.07) is 16.3. The maximum atomic E-state index is 13.2. The molecule has 1 fully saturated rings. The molecule has 1 aliphatic heterocycles. The molecule has 2 aromatic carbocycles. The Morgan fingerprint density at radius 1 is 1.09 bits per heavy atom. The van der Waals surface area contributed by atoms with Gasteiger partial charge >= 0.3 is 12.1 Å². The van der Waals surface area contributed by atoms with E-state index < -0.39 is 23.4 Å². The standard InChI is InChI=1S/C28H34N2O5/c1-18(2)14-19(25(31)30-13-12-28(3,17-30)26(32)33)15-29-27(34)35-16-24-22-10-6-4-8-20(22)21-9-5-7-11-23(21)24/h4-11,18-19,24H,12-17H2,1-3H3,(H,29,34)(H,32,33). The lowest BCUT2D eigenvalue weighted by molar-refractivity contribution is -0.147. The Bertz CT molecular complexity index is 1070. The third kappa shape index (κ3) is 5.19. The minimum Gasteiger partial charge on any atom is -0.481 e. The lowest BCUT2D eigenvalue weighted by Gasteiger charge is -2.26. The smallest absolute Gasteiger partial charge is 0.407 e. The van der Waals surface area contributed by atoms with Gasteiger partial charge in [-0.15, -0.1) is 0 Å². The van der Waals surface area contributed by atoms with Crippen molar-refractivity contribution in [2.45, 2.75) is 39.5 Å². The summed E-state index contributed by atoms with van der Waals surface area (Å²) < 4.78 is 5.61. The topological polar surface area (TPSA) is 95.9 Å². The van der Waals surface area contributed by atoms with Gasteiger partial charge in [0.25, 0.3) is 0 Å². The zero-order chi connectivity index (χ0) is 25.2. The molecule has 35 heavy (non-hydrogen) atoms. The Morgan fingerprint density at radius 3 is 2.23 bits per heavy atom. The van der Waals surface area contributed by atoms with Crippen molar-refractivity contribution in [2.24, 2.45) is 17.3 Å². The zero-order valence-electron chi connectivity index (χ0n) is 20.6. The van der Waals surface area contributed by atoms with Crippen molar-refractivity contribution in [3.05, 3.63) is 59.7 Å². The van der Waals surface area contributed by atoms with E-state index in [4.69, 9.17) is 4.74 Å². The molecule has 7 heteroatoms. The average molecular weight is 479 g/mol. The molecule has 2 aliphatic rings. The Morgan fingerprint density at radius 2 is 1.69 bits per heavy atom. The lowest BCUT2D eigenvalue weighted by Crippen LogP contribution is -2.43. The number of carbonyl (C=O) groups excluding carboxylic acids is 2. The summed E-state index contributed by atoms with van der Waals surface area (Å²) in [4.78, 5) is 39.0. The molecule has 0 radical (unpaired) electrons. The predicted molar refractivity (Wildman–Crippen MR) is 133 cm³/mol. The van der Waals surface area contributed by atoms with E-state index in [1.807, 2.05) is 38.1 Å². The van der Waals surface area contributed by atoms with Gasteiger partial charge in [-0.25, -0.2) is 4.79 Å². The Hall–Kier alpha value is -3.35. The van der Waals surface area contributed by atoms with Crippen LogP contribution in [0.5, 0.6) is 0 Å². The molecule has 2 unspecified atom stereocenters. The molecule has 4 rings (SSSR count). The quantitative estimate of drug-likeness (QED) is 0.582. The molecule has 2 aromatic rings. The fourth-order valence-corrected chi connectivity index (χ4v) is 5.28. The van der Waals surface area contributed by atoms with Gasteiger partial charge in [0.2, 0.25) is 5.91 Å². The summed E-state index contributed by atoms with van der Waals surface area (Å²) >= 11 is 0. The lowest BCUT2D eigenvalue weighted by atomic mass is 9.90. The molecule has 2 atom stereocenters. The zero-order valence-corrected chi connectivity index (χ0v) is 20.6. The number of carboxylic acids is 1. The number of nitrogens with zero attached hydrogens (tertiary/aromatic N) is 1. The second-order valence-corrected chi connectivity index (χ2v) is 10.4. The van der Waals surface area contributed by atoms with Gasteiger partial charge in [0.15, 0.2) is 0 Å². The van der Waals surface area contributed by atoms with Crippen LogP contribution in [0.3, 0.4) is 0 Å². The molecule has 0 spiro atoms. The van der Waals surface area contributed by atoms with E-state index in [1.54, 1.807) is 11.8 Å². The number of alkyl carbamates (subject to hydrolysis) is 1. The number of amides is 2. The molecule has 186 valence electrons. The van der Waals surface area contributed by atoms with Gasteiger partial charge in [-0.3, -0.25) is 9.59 Å². The molecule has 2 N–H and O–H groups in total. The summed E-state index contributed by atoms with van der Waals surface area (Å²) in [6.07, 6.45) is 0.482. The fraction of sp³-hybridized carbons (Fsp3) is 0.464. The molecular formula is C28H34N2O5. The minimum atomic E-state index is -0.918. The molecular weight excluding hydrogens is 444 g/mol. The van der Waals surface area contributed by atoms with Gasteiger partial charge in [-0.1, -0.05) is 62.4 Å². The highest BCUT2D eigenvalue weighted by Gasteiger charge is 2.43. The molecule has 1 saturated heterocycles. The van der Waals surface area contributed by atoms with Crippen LogP contribution in [0.1, 0.15) is 50.7 Å². The highest BCUT2D eigenvalue weighted by atomic mass is 16.5. The van der Waals surface area contributed by atoms with Crippen LogP contribution in [-0.2, 0) is 14.3 Å². The van der Waals surface area contributed by atoms with Crippen LogP contribution in [0.15, 0.2) is 48.5 Å². The van der Waals surface area contributed by atoms with Crippen LogP contribution in [-0.4, -0.2) is 54.2 Å². The summed E-state index contributed by atoms with van der Waals surface area (Å²) in [5.41, 5.74) is 3.70. The molecule has 0 aromatic heterocycles. The molecule has 0 saturated carbocycles. The van der Waals surface area contributed by atoms with Crippen molar-refractivity contribution in [3.8, 4) is 11.1 Å². The van der Waals surface area contributed by atoms with Crippen molar-refractivity contribution >= 4 is 18.0 Å². The summed E-state index contributed by atoms with van der Waals surface area (Å²) in [5, 5.41) is 12.3. The first-order chi connectivity index (χ1) is 16.7. The number of hydrogen-bond donors (Lipinski definition) is 2. The number of ether oxygens (including phenoxy) is 1. The maximum absolute atomic E-state index is 13.2. The van der Waals surface area contributed by atoms with E-state index in [1.165, 1.54) is 11.1 Å². The van der Waals surface area contributed by atoms with Crippen LogP contribution in [0.25, 0.3) is 11.1 Å². The van der Waals surface area contributed by atoms with Crippen LogP contribution in [0.4, 0.5) is 4.79 Å². The predicted octanol–water partition coefficient (Wildman–Crippen LogP) is 4.51. The Labute approximate surface area is 206 Å². The van der Waals surface area contributed by atoms with Crippen LogP contribution in [0.2, 0.25) is 0 Å². The fourth-order valence-electron chi connectivity index (χ4n) is 5.28. The molecule has 0 bridgehead atoms. The largest absolute Gasteiger partial charge is 0.481 e. The van der Waals surface area contributed by atoms with Gasteiger partial charge in [-0.05, 0) is 47.9 Å². The highest BCUT2D eigenvalue weighted by Crippen LogP contribution is 2.44. The van der Waals surface area contributed by atoms with E-state index in [-0.39, 0.29) is 37.4 Å². The number of rotatable bonds is 8. The molecule has 7 nitrogen and oxygen atoms in total. The second-order valence-electron chi connectivity index (χ2n) is 10.4. The van der Waals surface area contributed by atoms with Gasteiger partial charge in [0.05, 0.1) is 11.3 Å². The summed E-state index contributed by atoms with van der Waals surface area (Å²) in [5.74, 6) is -1.19. The third-order valence-electron chi connectivity index (χ3n) is 7.24. The van der Waals surface area contributed by atoms with Gasteiger partial charge in [0.1, 0.15) is 6.61 Å². The number of hydrogen-bond acceptors (Lipinski definition) is 4. The van der Waals surface area contributed by atoms with E-state index in [9.17, 15) is 19.5 Å². The molecule has 1 heterocycles. The van der Waals surface area contributed by atoms with Crippen molar-refractivity contribution in [3.63, 3.8) is 0 Å². The van der Waals surface area contributed by atoms with E-state index in [0.717, 1.165) is 11.1 Å². The first-order valence-corrected chi connectivity index (χ1v) is 12.3. The van der Waals surface area contributed by atoms with Crippen molar-refractivity contribution < 1.29 is 24.2 Å². The van der Waals surface area contributed by atoms with E-state index >= 15 is 0 Å². The van der Waals surface area contributed by atoms with Crippen molar-refractivity contribution in [1.29, 1.82) is 0 Å². The van der Waals surface area contributed by atoms with Gasteiger partial charge < -0.3 is 20.1 Å². The summed E-state index contributed by atoms with van der Waals surface area (Å²) in [6.45, 7) is 6.72. The normalized spacial score (nSPS) is 19.8. The van der Waals surface area contributed by atoms with Gasteiger partial charge in [0, 0.05) is 25.6 Å². The molecule has 1 aliphatic carbocycles. The first kappa shape index (κ1) is 24.8. The third-order valence-corrected chi connectivity index (χ3v) is 7.24. The van der Waals surface area contributed by atoms with E-state index in [0.29, 0.717) is 19.4 Å². The first-order valence-electron chi connectivity index (χ1n) is 12.3. The minimum absolute atomic E-state index is 0.0282. The number of benzene rings is 2. The Kier molecular flexibility index (Phi) is 7.15. The van der Waals surface area contributed by atoms with Crippen LogP contribution >= 0.6 is 0 Å². The highest BCUT2D eigenvalue weighted by molar-refractivity contribution is 5.83. The molecule has 2 amide bonds. The van der Waals surface area contributed by atoms with Crippen molar-refractivity contribution in [2.75, 3.05) is 26.2 Å². The Balaban J connectivity index is 1.36. The van der Waals surface area contributed by atoms with Crippen LogP contribution < -0.4 is 5.32 Å². The van der Waals surface area contributed by atoms with Gasteiger partial charge in [-0.2, -0.15) is 0 Å². The number of nitrogens with one attached hydrogen (secondary N) is 1. The summed E-state index contributed by atoms with van der Waals surface area (Å²) in [7, 11) is 0. The average Bonchev–Trinajstić information content (AvgIpc) is 3.39. The number of aliphatic carboxylic acids is 1. The number of carbonyl (C=O) groups is 3. The monoisotopic (exact) mass is 478 g/mol. The number of likely N-dealkylation sites (tertiary alicyclic amines) is 1. The second kappa shape index (κ2) is 10.1. The number of carboxylic acid groups (broad SMARTS) is 1. The number of fused-ring (bicyclic) bond motifs is 3. The van der Waals surface area contributed by atoms with Crippen LogP contribution in [0, 0.1) is 17.3 Å².